The van der Waals surface area contributed by atoms with Crippen molar-refractivity contribution in [2.24, 2.45) is 0 Å². The van der Waals surface area contributed by atoms with E-state index in [0.717, 1.165) is 26.8 Å². The minimum absolute atomic E-state index is 0.0389. The number of aromatic nitrogens is 1. The molecule has 3 heteroatoms. The van der Waals surface area contributed by atoms with E-state index in [1.54, 1.807) is 6.07 Å². The van der Waals surface area contributed by atoms with Gasteiger partial charge in [-0.2, -0.15) is 0 Å². The quantitative estimate of drug-likeness (QED) is 0.715. The molecular weight excluding hydrogens is 302 g/mol. The van der Waals surface area contributed by atoms with E-state index in [1.165, 1.54) is 0 Å². The lowest BCUT2D eigenvalue weighted by atomic mass is 10.1. The molecule has 3 rings (SSSR count). The van der Waals surface area contributed by atoms with E-state index in [4.69, 9.17) is 0 Å². The molecule has 0 unspecified atom stereocenters. The van der Waals surface area contributed by atoms with Crippen molar-refractivity contribution in [2.45, 2.75) is 6.92 Å². The van der Waals surface area contributed by atoms with Crippen molar-refractivity contribution in [3.8, 4) is 11.3 Å². The number of pyridine rings is 1. The summed E-state index contributed by atoms with van der Waals surface area (Å²) < 4.78 is 0.926. The lowest BCUT2D eigenvalue weighted by Crippen LogP contribution is -2.04. The van der Waals surface area contributed by atoms with Crippen molar-refractivity contribution in [1.29, 1.82) is 0 Å². The first kappa shape index (κ1) is 12.2. The Bertz CT molecular complexity index is 806. The number of hydrogen-bond acceptors (Lipinski definition) is 1. The van der Waals surface area contributed by atoms with E-state index in [0.29, 0.717) is 5.39 Å². The van der Waals surface area contributed by atoms with Crippen LogP contribution in [0, 0.1) is 6.92 Å². The van der Waals surface area contributed by atoms with Gasteiger partial charge >= 0.3 is 0 Å². The van der Waals surface area contributed by atoms with Crippen LogP contribution in [0.5, 0.6) is 0 Å². The first-order valence-corrected chi connectivity index (χ1v) is 6.83. The average Bonchev–Trinajstić information content (AvgIpc) is 2.41. The summed E-state index contributed by atoms with van der Waals surface area (Å²) in [6.07, 6.45) is 0. The molecule has 2 aromatic carbocycles. The first-order chi connectivity index (χ1) is 9.15. The largest absolute Gasteiger partial charge is 0.354 e. The van der Waals surface area contributed by atoms with Gasteiger partial charge in [0.25, 0.3) is 0 Å². The number of nitrogens with one attached hydrogen (secondary N) is 1. The summed E-state index contributed by atoms with van der Waals surface area (Å²) in [5.74, 6) is 0. The molecule has 0 aliphatic carbocycles. The zero-order chi connectivity index (χ0) is 13.4. The van der Waals surface area contributed by atoms with E-state index in [1.807, 2.05) is 49.4 Å². The molecule has 3 aromatic rings. The zero-order valence-corrected chi connectivity index (χ0v) is 12.0. The number of fused-ring (bicyclic) bond motifs is 1. The smallest absolute Gasteiger partial charge is 0.190 e. The summed E-state index contributed by atoms with van der Waals surface area (Å²) in [5, 5.41) is 0.714. The fraction of sp³-hybridized carbons (Fsp3) is 0.0625. The van der Waals surface area contributed by atoms with Crippen molar-refractivity contribution in [3.63, 3.8) is 0 Å². The number of rotatable bonds is 1. The highest BCUT2D eigenvalue weighted by Gasteiger charge is 2.07. The lowest BCUT2D eigenvalue weighted by molar-refractivity contribution is 1.34. The minimum Gasteiger partial charge on any atom is -0.354 e. The fourth-order valence-corrected chi connectivity index (χ4v) is 2.83. The van der Waals surface area contributed by atoms with Crippen LogP contribution in [0.4, 0.5) is 0 Å². The van der Waals surface area contributed by atoms with E-state index in [-0.39, 0.29) is 5.43 Å². The molecule has 0 radical (unpaired) electrons. The van der Waals surface area contributed by atoms with Gasteiger partial charge in [-0.25, -0.2) is 0 Å². The van der Waals surface area contributed by atoms with Crippen LogP contribution in [0.25, 0.3) is 22.2 Å². The topological polar surface area (TPSA) is 32.9 Å². The monoisotopic (exact) mass is 313 g/mol. The van der Waals surface area contributed by atoms with E-state index < -0.39 is 0 Å². The van der Waals surface area contributed by atoms with Gasteiger partial charge in [0.15, 0.2) is 5.43 Å². The number of aromatic amines is 1. The second kappa shape index (κ2) is 4.67. The number of H-pyrrole nitrogens is 1. The van der Waals surface area contributed by atoms with E-state index >= 15 is 0 Å². The maximum Gasteiger partial charge on any atom is 0.190 e. The molecule has 0 bridgehead atoms. The van der Waals surface area contributed by atoms with Gasteiger partial charge in [-0.3, -0.25) is 4.79 Å². The van der Waals surface area contributed by atoms with Crippen molar-refractivity contribution >= 4 is 26.8 Å². The molecule has 1 N–H and O–H groups in total. The second-order valence-electron chi connectivity index (χ2n) is 4.56. The van der Waals surface area contributed by atoms with Crippen LogP contribution in [-0.4, -0.2) is 4.98 Å². The summed E-state index contributed by atoms with van der Waals surface area (Å²) in [4.78, 5) is 15.6. The first-order valence-electron chi connectivity index (χ1n) is 6.04. The highest BCUT2D eigenvalue weighted by atomic mass is 79.9. The van der Waals surface area contributed by atoms with Crippen LogP contribution in [0.3, 0.4) is 0 Å². The molecule has 19 heavy (non-hydrogen) atoms. The Morgan fingerprint density at radius 2 is 1.79 bits per heavy atom. The van der Waals surface area contributed by atoms with Crippen molar-refractivity contribution in [2.75, 3.05) is 0 Å². The van der Waals surface area contributed by atoms with Crippen LogP contribution in [0.1, 0.15) is 5.56 Å². The number of aryl methyl sites for hydroxylation is 1. The Kier molecular flexibility index (Phi) is 2.99. The highest BCUT2D eigenvalue weighted by Crippen LogP contribution is 2.23. The van der Waals surface area contributed by atoms with Gasteiger partial charge in [0.05, 0.1) is 5.52 Å². The molecule has 0 amide bonds. The summed E-state index contributed by atoms with van der Waals surface area (Å²) >= 11 is 3.43. The zero-order valence-electron chi connectivity index (χ0n) is 10.4. The molecule has 94 valence electrons. The molecule has 1 aromatic heterocycles. The van der Waals surface area contributed by atoms with E-state index in [2.05, 4.69) is 20.9 Å². The van der Waals surface area contributed by atoms with Crippen LogP contribution in [0.2, 0.25) is 0 Å². The Balaban J connectivity index is 2.34. The summed E-state index contributed by atoms with van der Waals surface area (Å²) in [5.41, 5.74) is 3.86. The molecule has 2 nitrogen and oxygen atoms in total. The standard InChI is InChI=1S/C16H12BrNO/c1-10-7-12(17)8-13-15(19)9-14(18-16(10)13)11-5-3-2-4-6-11/h2-9H,1H3,(H,18,19). The van der Waals surface area contributed by atoms with Gasteiger partial charge in [-0.1, -0.05) is 46.3 Å². The normalized spacial score (nSPS) is 10.8. The van der Waals surface area contributed by atoms with Gasteiger partial charge in [0.1, 0.15) is 0 Å². The van der Waals surface area contributed by atoms with Crippen molar-refractivity contribution < 1.29 is 0 Å². The van der Waals surface area contributed by atoms with Crippen molar-refractivity contribution in [3.05, 3.63) is 68.8 Å². The average molecular weight is 314 g/mol. The van der Waals surface area contributed by atoms with Crippen LogP contribution >= 0.6 is 15.9 Å². The number of benzene rings is 2. The third-order valence-corrected chi connectivity index (χ3v) is 3.64. The molecule has 1 heterocycles. The number of hydrogen-bond donors (Lipinski definition) is 1. The highest BCUT2D eigenvalue weighted by molar-refractivity contribution is 9.10. The molecule has 0 saturated carbocycles. The predicted molar refractivity (Wildman–Crippen MR) is 82.4 cm³/mol. The maximum absolute atomic E-state index is 12.2. The Labute approximate surface area is 119 Å². The third-order valence-electron chi connectivity index (χ3n) is 3.19. The van der Waals surface area contributed by atoms with Gasteiger partial charge in [-0.05, 0) is 30.2 Å². The summed E-state index contributed by atoms with van der Waals surface area (Å²) in [6.45, 7) is 2.00. The van der Waals surface area contributed by atoms with Gasteiger partial charge in [0, 0.05) is 21.6 Å². The summed E-state index contributed by atoms with van der Waals surface area (Å²) in [6, 6.07) is 15.4. The van der Waals surface area contributed by atoms with Crippen LogP contribution in [0.15, 0.2) is 57.8 Å². The maximum atomic E-state index is 12.2. The third kappa shape index (κ3) is 2.22. The second-order valence-corrected chi connectivity index (χ2v) is 5.47. The van der Waals surface area contributed by atoms with Crippen molar-refractivity contribution in [1.82, 2.24) is 4.98 Å². The van der Waals surface area contributed by atoms with Crippen LogP contribution < -0.4 is 5.43 Å². The Morgan fingerprint density at radius 1 is 1.05 bits per heavy atom. The summed E-state index contributed by atoms with van der Waals surface area (Å²) in [7, 11) is 0. The molecule has 0 fully saturated rings. The van der Waals surface area contributed by atoms with Gasteiger partial charge < -0.3 is 4.98 Å². The predicted octanol–water partition coefficient (Wildman–Crippen LogP) is 4.27. The Hall–Kier alpha value is -1.87. The molecule has 0 aliphatic rings. The lowest BCUT2D eigenvalue weighted by Gasteiger charge is -2.07. The molecular formula is C16H12BrNO. The van der Waals surface area contributed by atoms with E-state index in [9.17, 15) is 4.79 Å². The minimum atomic E-state index is 0.0389. The molecule has 0 saturated heterocycles. The molecule has 0 atom stereocenters. The van der Waals surface area contributed by atoms with Crippen LogP contribution in [-0.2, 0) is 0 Å². The SMILES string of the molecule is Cc1cc(Br)cc2c(=O)cc(-c3ccccc3)[nH]c12. The van der Waals surface area contributed by atoms with Gasteiger partial charge in [0.2, 0.25) is 0 Å². The Morgan fingerprint density at radius 3 is 2.53 bits per heavy atom. The fourth-order valence-electron chi connectivity index (χ4n) is 2.26. The molecule has 0 aliphatic heterocycles. The molecule has 0 spiro atoms. The number of halogens is 1. The van der Waals surface area contributed by atoms with Gasteiger partial charge in [-0.15, -0.1) is 0 Å².